The van der Waals surface area contributed by atoms with Crippen LogP contribution in [0.4, 0.5) is 4.39 Å². The molecule has 2 rings (SSSR count). The fourth-order valence-electron chi connectivity index (χ4n) is 1.89. The first-order valence-corrected chi connectivity index (χ1v) is 6.91. The van der Waals surface area contributed by atoms with Crippen LogP contribution in [0.15, 0.2) is 29.1 Å². The van der Waals surface area contributed by atoms with Gasteiger partial charge >= 0.3 is 0 Å². The van der Waals surface area contributed by atoms with Crippen LogP contribution >= 0.6 is 23.2 Å². The molecular formula is C13H14Cl2FN3O2. The highest BCUT2D eigenvalue weighted by Gasteiger charge is 2.24. The molecule has 0 fully saturated rings. The number of nitrogens with zero attached hydrogens (tertiary/aromatic N) is 2. The van der Waals surface area contributed by atoms with Crippen molar-refractivity contribution in [3.05, 3.63) is 45.4 Å². The minimum atomic E-state index is -0.641. The first kappa shape index (κ1) is 15.9. The number of halogens is 3. The van der Waals surface area contributed by atoms with E-state index in [1.54, 1.807) is 19.9 Å². The van der Waals surface area contributed by atoms with Gasteiger partial charge in [-0.1, -0.05) is 23.2 Å². The van der Waals surface area contributed by atoms with Gasteiger partial charge in [0, 0.05) is 10.6 Å². The summed E-state index contributed by atoms with van der Waals surface area (Å²) in [5.74, 6) is -0.302. The maximum atomic E-state index is 13.5. The highest BCUT2D eigenvalue weighted by Crippen LogP contribution is 2.35. The third kappa shape index (κ3) is 3.23. The molecule has 1 aliphatic heterocycles. The molecule has 0 aliphatic carbocycles. The van der Waals surface area contributed by atoms with Crippen LogP contribution in [-0.4, -0.2) is 22.3 Å². The maximum Gasteiger partial charge on any atom is 0.188 e. The van der Waals surface area contributed by atoms with Crippen LogP contribution in [0.2, 0.25) is 10.0 Å². The smallest absolute Gasteiger partial charge is 0.188 e. The number of ether oxygens (including phenoxy) is 1. The van der Waals surface area contributed by atoms with Gasteiger partial charge < -0.3 is 10.5 Å². The molecule has 114 valence electrons. The zero-order valence-corrected chi connectivity index (χ0v) is 12.9. The Hall–Kier alpha value is -1.50. The average Bonchev–Trinajstić information content (AvgIpc) is 2.41. The van der Waals surface area contributed by atoms with E-state index in [0.717, 1.165) is 5.17 Å². The molecule has 5 nitrogen and oxygen atoms in total. The summed E-state index contributed by atoms with van der Waals surface area (Å²) in [6.45, 7) is 3.36. The molecule has 1 aromatic carbocycles. The Kier molecular flexibility index (Phi) is 4.61. The van der Waals surface area contributed by atoms with Crippen molar-refractivity contribution in [2.45, 2.75) is 26.0 Å². The van der Waals surface area contributed by atoms with Gasteiger partial charge in [0.05, 0.1) is 11.1 Å². The van der Waals surface area contributed by atoms with Gasteiger partial charge in [0.1, 0.15) is 11.9 Å². The fraction of sp³-hybridized carbons (Fsp3) is 0.308. The minimum absolute atomic E-state index is 0.00565. The van der Waals surface area contributed by atoms with E-state index >= 15 is 0 Å². The van der Waals surface area contributed by atoms with Crippen LogP contribution in [-0.2, 0) is 4.74 Å². The first-order chi connectivity index (χ1) is 9.81. The van der Waals surface area contributed by atoms with Crippen molar-refractivity contribution in [2.24, 2.45) is 10.8 Å². The average molecular weight is 334 g/mol. The van der Waals surface area contributed by atoms with Crippen molar-refractivity contribution in [1.29, 1.82) is 0 Å². The van der Waals surface area contributed by atoms with Crippen molar-refractivity contribution in [2.75, 3.05) is 0 Å². The van der Waals surface area contributed by atoms with E-state index in [1.165, 1.54) is 12.1 Å². The van der Waals surface area contributed by atoms with E-state index in [-0.39, 0.29) is 21.6 Å². The molecular weight excluding hydrogens is 320 g/mol. The Balaban J connectivity index is 2.27. The predicted molar refractivity (Wildman–Crippen MR) is 78.7 cm³/mol. The lowest BCUT2D eigenvalue weighted by molar-refractivity contribution is -0.111. The Morgan fingerprint density at radius 3 is 2.81 bits per heavy atom. The first-order valence-electron chi connectivity index (χ1n) is 6.15. The molecule has 0 amide bonds. The number of hydrogen-bond donors (Lipinski definition) is 2. The van der Waals surface area contributed by atoms with Crippen LogP contribution < -0.4 is 5.73 Å². The number of nitrogens with two attached hydrogens (primary N) is 1. The Bertz CT molecular complexity index is 622. The fourth-order valence-corrected chi connectivity index (χ4v) is 2.56. The van der Waals surface area contributed by atoms with E-state index in [2.05, 4.69) is 5.10 Å². The second kappa shape index (κ2) is 6.09. The Morgan fingerprint density at radius 2 is 2.14 bits per heavy atom. The van der Waals surface area contributed by atoms with Crippen LogP contribution in [0.1, 0.15) is 25.5 Å². The summed E-state index contributed by atoms with van der Waals surface area (Å²) in [4.78, 5) is 0. The Morgan fingerprint density at radius 1 is 1.48 bits per heavy atom. The maximum absolute atomic E-state index is 13.5. The lowest BCUT2D eigenvalue weighted by Crippen LogP contribution is -2.34. The summed E-state index contributed by atoms with van der Waals surface area (Å²) in [5, 5.41) is 14.0. The number of hydrogen-bond acceptors (Lipinski definition) is 5. The van der Waals surface area contributed by atoms with Gasteiger partial charge in [-0.3, -0.25) is 5.21 Å². The normalized spacial score (nSPS) is 19.9. The summed E-state index contributed by atoms with van der Waals surface area (Å²) >= 11 is 12.0. The number of rotatable bonds is 3. The van der Waals surface area contributed by atoms with E-state index in [9.17, 15) is 9.60 Å². The molecule has 0 saturated carbocycles. The molecule has 0 radical (unpaired) electrons. The summed E-state index contributed by atoms with van der Waals surface area (Å²) in [7, 11) is 0. The Labute approximate surface area is 131 Å². The highest BCUT2D eigenvalue weighted by atomic mass is 35.5. The predicted octanol–water partition coefficient (Wildman–Crippen LogP) is 3.46. The third-order valence-electron chi connectivity index (χ3n) is 3.01. The van der Waals surface area contributed by atoms with Crippen LogP contribution in [0, 0.1) is 5.82 Å². The lowest BCUT2D eigenvalue weighted by Gasteiger charge is -2.26. The van der Waals surface area contributed by atoms with E-state index in [0.29, 0.717) is 5.56 Å². The molecule has 0 saturated heterocycles. The van der Waals surface area contributed by atoms with Gasteiger partial charge in [0.15, 0.2) is 11.6 Å². The van der Waals surface area contributed by atoms with Gasteiger partial charge in [-0.15, -0.1) is 5.10 Å². The molecule has 0 bridgehead atoms. The molecule has 1 unspecified atom stereocenters. The topological polar surface area (TPSA) is 71.1 Å². The summed E-state index contributed by atoms with van der Waals surface area (Å²) in [6, 6.07) is 2.18. The number of hydroxylamine groups is 1. The summed E-state index contributed by atoms with van der Waals surface area (Å²) < 4.78 is 19.2. The van der Waals surface area contributed by atoms with Gasteiger partial charge in [-0.05, 0) is 32.1 Å². The van der Waals surface area contributed by atoms with Crippen molar-refractivity contribution in [3.63, 3.8) is 0 Å². The largest absolute Gasteiger partial charge is 0.482 e. The van der Waals surface area contributed by atoms with Crippen molar-refractivity contribution in [3.8, 4) is 0 Å². The molecule has 21 heavy (non-hydrogen) atoms. The third-order valence-corrected chi connectivity index (χ3v) is 3.72. The quantitative estimate of drug-likeness (QED) is 0.831. The van der Waals surface area contributed by atoms with Crippen LogP contribution in [0.5, 0.6) is 0 Å². The molecule has 3 N–H and O–H groups in total. The van der Waals surface area contributed by atoms with E-state index in [4.69, 9.17) is 33.7 Å². The molecule has 1 aromatic rings. The van der Waals surface area contributed by atoms with Crippen molar-refractivity contribution in [1.82, 2.24) is 5.17 Å². The van der Waals surface area contributed by atoms with Gasteiger partial charge in [-0.25, -0.2) is 4.39 Å². The van der Waals surface area contributed by atoms with E-state index in [1.807, 2.05) is 0 Å². The van der Waals surface area contributed by atoms with Gasteiger partial charge in [0.2, 0.25) is 0 Å². The van der Waals surface area contributed by atoms with Gasteiger partial charge in [0.25, 0.3) is 0 Å². The number of hydrazone groups is 1. The molecule has 0 aromatic heterocycles. The zero-order chi connectivity index (χ0) is 15.7. The molecule has 1 heterocycles. The van der Waals surface area contributed by atoms with E-state index < -0.39 is 18.0 Å². The SMILES string of the molecule is CC1C=C(O[C@H](C)c2c(Cl)ccc(F)c2Cl)C(N)=NN1O. The highest BCUT2D eigenvalue weighted by molar-refractivity contribution is 6.36. The second-order valence-corrected chi connectivity index (χ2v) is 5.38. The molecule has 1 aliphatic rings. The zero-order valence-electron chi connectivity index (χ0n) is 11.3. The minimum Gasteiger partial charge on any atom is -0.482 e. The molecule has 8 heteroatoms. The second-order valence-electron chi connectivity index (χ2n) is 4.59. The standard InChI is InChI=1S/C13H14Cl2FN3O2/c1-6-5-10(13(17)18-19(6)20)21-7(2)11-8(14)3-4-9(16)12(11)15/h3-7,20H,1-2H3,(H2,17,18)/t6?,7-/m1/s1. The summed E-state index contributed by atoms with van der Waals surface area (Å²) in [6.07, 6.45) is 0.943. The van der Waals surface area contributed by atoms with Crippen LogP contribution in [0.3, 0.4) is 0 Å². The number of amidine groups is 1. The number of benzene rings is 1. The monoisotopic (exact) mass is 333 g/mol. The molecule has 2 atom stereocenters. The van der Waals surface area contributed by atoms with Crippen molar-refractivity contribution >= 4 is 29.0 Å². The van der Waals surface area contributed by atoms with Gasteiger partial charge in [-0.2, -0.15) is 5.17 Å². The lowest BCUT2D eigenvalue weighted by atomic mass is 10.1. The van der Waals surface area contributed by atoms with Crippen LogP contribution in [0.25, 0.3) is 0 Å². The van der Waals surface area contributed by atoms with Crippen molar-refractivity contribution < 1.29 is 14.3 Å². The summed E-state index contributed by atoms with van der Waals surface area (Å²) in [5.41, 5.74) is 6.00. The molecule has 0 spiro atoms.